The van der Waals surface area contributed by atoms with E-state index in [2.05, 4.69) is 37.9 Å². The molecule has 1 atom stereocenters. The van der Waals surface area contributed by atoms with E-state index in [1.807, 2.05) is 18.2 Å². The summed E-state index contributed by atoms with van der Waals surface area (Å²) in [5.74, 6) is 0.685. The van der Waals surface area contributed by atoms with Crippen LogP contribution in [0.1, 0.15) is 17.4 Å². The Kier molecular flexibility index (Phi) is 6.44. The maximum absolute atomic E-state index is 12.9. The molecule has 160 valence electrons. The fourth-order valence-corrected chi connectivity index (χ4v) is 4.21. The molecule has 3 aromatic rings. The van der Waals surface area contributed by atoms with Gasteiger partial charge in [-0.3, -0.25) is 9.69 Å². The zero-order chi connectivity index (χ0) is 22.0. The molecular formula is C21H18ClIN4O4. The maximum atomic E-state index is 12.9. The number of carbonyl (C=O) groups excluding carboxylic acids is 2. The number of hydrogen-bond donors (Lipinski definition) is 3. The number of nitrogens with zero attached hydrogens (tertiary/aromatic N) is 2. The number of aliphatic hydroxyl groups is 1. The minimum atomic E-state index is -0.778. The van der Waals surface area contributed by atoms with Gasteiger partial charge in [0.2, 0.25) is 0 Å². The molecule has 31 heavy (non-hydrogen) atoms. The van der Waals surface area contributed by atoms with Crippen LogP contribution in [0.15, 0.2) is 48.7 Å². The van der Waals surface area contributed by atoms with Crippen LogP contribution in [-0.4, -0.2) is 45.1 Å². The van der Waals surface area contributed by atoms with Crippen LogP contribution in [-0.2, 0) is 11.3 Å². The molecule has 0 bridgehead atoms. The number of rotatable bonds is 7. The summed E-state index contributed by atoms with van der Waals surface area (Å²) in [4.78, 5) is 33.8. The van der Waals surface area contributed by atoms with E-state index in [0.717, 1.165) is 14.0 Å². The lowest BCUT2D eigenvalue weighted by atomic mass is 10.1. The van der Waals surface area contributed by atoms with Crippen molar-refractivity contribution in [3.05, 3.63) is 68.6 Å². The standard InChI is InChI=1S/C21H18ClIN4O4/c22-16-9-13(23)3-6-15(16)17-10-24-18(25-17)11-27-20(29)19(26-21(27)30)12-1-4-14(5-2-12)31-8-7-28/h1-6,9-10,19,28H,7-8,11H2,(H,24,25)(H,26,30). The minimum absolute atomic E-state index is 0.0147. The molecule has 10 heteroatoms. The molecule has 3 N–H and O–H groups in total. The number of carbonyl (C=O) groups is 2. The Morgan fingerprint density at radius 1 is 1.19 bits per heavy atom. The number of imide groups is 1. The molecular weight excluding hydrogens is 535 g/mol. The molecule has 1 aliphatic heterocycles. The molecule has 0 radical (unpaired) electrons. The molecule has 1 saturated heterocycles. The SMILES string of the molecule is O=C1NC(c2ccc(OCCO)cc2)C(=O)N1Cc1ncc(-c2ccc(I)cc2Cl)[nH]1. The molecule has 0 aliphatic carbocycles. The average molecular weight is 553 g/mol. The van der Waals surface area contributed by atoms with Gasteiger partial charge >= 0.3 is 6.03 Å². The Morgan fingerprint density at radius 2 is 1.97 bits per heavy atom. The summed E-state index contributed by atoms with van der Waals surface area (Å²) < 4.78 is 6.34. The molecule has 2 heterocycles. The number of amides is 3. The van der Waals surface area contributed by atoms with Gasteiger partial charge in [-0.2, -0.15) is 0 Å². The van der Waals surface area contributed by atoms with Gasteiger partial charge in [0.25, 0.3) is 5.91 Å². The summed E-state index contributed by atoms with van der Waals surface area (Å²) in [7, 11) is 0. The molecule has 0 saturated carbocycles. The van der Waals surface area contributed by atoms with E-state index < -0.39 is 12.1 Å². The minimum Gasteiger partial charge on any atom is -0.491 e. The number of hydrogen-bond acceptors (Lipinski definition) is 5. The van der Waals surface area contributed by atoms with E-state index in [1.54, 1.807) is 30.5 Å². The van der Waals surface area contributed by atoms with E-state index in [1.165, 1.54) is 0 Å². The number of urea groups is 1. The Morgan fingerprint density at radius 3 is 2.68 bits per heavy atom. The summed E-state index contributed by atoms with van der Waals surface area (Å²) in [6.07, 6.45) is 1.63. The van der Waals surface area contributed by atoms with Crippen LogP contribution in [0.25, 0.3) is 11.3 Å². The van der Waals surface area contributed by atoms with Gasteiger partial charge in [-0.1, -0.05) is 29.8 Å². The van der Waals surface area contributed by atoms with Crippen molar-refractivity contribution < 1.29 is 19.4 Å². The number of benzene rings is 2. The summed E-state index contributed by atoms with van der Waals surface area (Å²) in [6, 6.07) is 11.2. The summed E-state index contributed by atoms with van der Waals surface area (Å²) in [5, 5.41) is 12.1. The number of aromatic amines is 1. The summed E-state index contributed by atoms with van der Waals surface area (Å²) >= 11 is 8.50. The maximum Gasteiger partial charge on any atom is 0.325 e. The highest BCUT2D eigenvalue weighted by Crippen LogP contribution is 2.29. The highest BCUT2D eigenvalue weighted by molar-refractivity contribution is 14.1. The topological polar surface area (TPSA) is 108 Å². The Labute approximate surface area is 196 Å². The van der Waals surface area contributed by atoms with Gasteiger partial charge < -0.3 is 20.1 Å². The molecule has 8 nitrogen and oxygen atoms in total. The Bertz CT molecular complexity index is 1120. The number of halogens is 2. The largest absolute Gasteiger partial charge is 0.491 e. The molecule has 2 aromatic carbocycles. The number of aliphatic hydroxyl groups excluding tert-OH is 1. The second-order valence-corrected chi connectivity index (χ2v) is 8.47. The van der Waals surface area contributed by atoms with Gasteiger partial charge in [0.1, 0.15) is 24.2 Å². The van der Waals surface area contributed by atoms with Crippen LogP contribution in [0.2, 0.25) is 5.02 Å². The lowest BCUT2D eigenvalue weighted by molar-refractivity contribution is -0.128. The second-order valence-electron chi connectivity index (χ2n) is 6.82. The smallest absolute Gasteiger partial charge is 0.325 e. The summed E-state index contributed by atoms with van der Waals surface area (Å²) in [5.41, 5.74) is 2.14. The lowest BCUT2D eigenvalue weighted by Crippen LogP contribution is -2.30. The molecule has 1 fully saturated rings. The molecule has 3 amide bonds. The van der Waals surface area contributed by atoms with E-state index in [-0.39, 0.29) is 25.7 Å². The molecule has 1 aromatic heterocycles. The third-order valence-corrected chi connectivity index (χ3v) is 5.74. The van der Waals surface area contributed by atoms with E-state index >= 15 is 0 Å². The second kappa shape index (κ2) is 9.25. The van der Waals surface area contributed by atoms with Crippen LogP contribution in [0.5, 0.6) is 5.75 Å². The van der Waals surface area contributed by atoms with Crippen LogP contribution in [0.3, 0.4) is 0 Å². The van der Waals surface area contributed by atoms with Crippen LogP contribution >= 0.6 is 34.2 Å². The number of H-pyrrole nitrogens is 1. The Hall–Kier alpha value is -2.63. The van der Waals surface area contributed by atoms with Gasteiger partial charge in [-0.05, 0) is 52.4 Å². The summed E-state index contributed by atoms with van der Waals surface area (Å²) in [6.45, 7) is 0.115. The van der Waals surface area contributed by atoms with Crippen molar-refractivity contribution in [2.75, 3.05) is 13.2 Å². The van der Waals surface area contributed by atoms with Crippen LogP contribution in [0.4, 0.5) is 4.79 Å². The van der Waals surface area contributed by atoms with Crippen molar-refractivity contribution in [1.82, 2.24) is 20.2 Å². The van der Waals surface area contributed by atoms with Crippen molar-refractivity contribution in [3.63, 3.8) is 0 Å². The molecule has 4 rings (SSSR count). The fourth-order valence-electron chi connectivity index (χ4n) is 3.25. The number of imidazole rings is 1. The van der Waals surface area contributed by atoms with Crippen molar-refractivity contribution in [2.45, 2.75) is 12.6 Å². The first-order valence-corrected chi connectivity index (χ1v) is 10.9. The average Bonchev–Trinajstić information content (AvgIpc) is 3.33. The fraction of sp³-hybridized carbons (Fsp3) is 0.190. The van der Waals surface area contributed by atoms with Crippen molar-refractivity contribution in [1.29, 1.82) is 0 Å². The zero-order valence-corrected chi connectivity index (χ0v) is 19.1. The van der Waals surface area contributed by atoms with Gasteiger partial charge in [-0.25, -0.2) is 9.78 Å². The number of ether oxygens (including phenoxy) is 1. The molecule has 1 aliphatic rings. The van der Waals surface area contributed by atoms with Crippen LogP contribution < -0.4 is 10.1 Å². The molecule has 0 spiro atoms. The van der Waals surface area contributed by atoms with E-state index in [4.69, 9.17) is 21.4 Å². The third-order valence-electron chi connectivity index (χ3n) is 4.76. The first kappa shape index (κ1) is 21.6. The Balaban J connectivity index is 1.47. The first-order valence-electron chi connectivity index (χ1n) is 9.41. The van der Waals surface area contributed by atoms with E-state index in [0.29, 0.717) is 27.9 Å². The lowest BCUT2D eigenvalue weighted by Gasteiger charge is -2.12. The van der Waals surface area contributed by atoms with E-state index in [9.17, 15) is 9.59 Å². The highest BCUT2D eigenvalue weighted by atomic mass is 127. The monoisotopic (exact) mass is 552 g/mol. The quantitative estimate of drug-likeness (QED) is 0.307. The number of nitrogens with one attached hydrogen (secondary N) is 2. The predicted molar refractivity (Wildman–Crippen MR) is 123 cm³/mol. The predicted octanol–water partition coefficient (Wildman–Crippen LogP) is 3.50. The third kappa shape index (κ3) is 4.68. The van der Waals surface area contributed by atoms with Gasteiger partial charge in [-0.15, -0.1) is 0 Å². The molecule has 1 unspecified atom stereocenters. The zero-order valence-electron chi connectivity index (χ0n) is 16.1. The highest BCUT2D eigenvalue weighted by Gasteiger charge is 2.39. The van der Waals surface area contributed by atoms with Gasteiger partial charge in [0, 0.05) is 9.13 Å². The van der Waals surface area contributed by atoms with Crippen molar-refractivity contribution in [3.8, 4) is 17.0 Å². The van der Waals surface area contributed by atoms with Crippen molar-refractivity contribution >= 4 is 46.1 Å². The normalized spacial score (nSPS) is 16.0. The van der Waals surface area contributed by atoms with Gasteiger partial charge in [0.05, 0.1) is 30.1 Å². The number of aromatic nitrogens is 2. The van der Waals surface area contributed by atoms with Crippen molar-refractivity contribution in [2.24, 2.45) is 0 Å². The first-order chi connectivity index (χ1) is 15.0. The van der Waals surface area contributed by atoms with Gasteiger partial charge in [0.15, 0.2) is 0 Å². The van der Waals surface area contributed by atoms with Crippen LogP contribution in [0, 0.1) is 3.57 Å².